The molecule has 2 N–H and O–H groups in total. The van der Waals surface area contributed by atoms with Crippen molar-refractivity contribution in [1.29, 1.82) is 0 Å². The number of aryl methyl sites for hydroxylation is 3. The molecule has 4 heterocycles. The molecule has 5 rings (SSSR count). The molecule has 0 aliphatic carbocycles. The van der Waals surface area contributed by atoms with E-state index in [4.69, 9.17) is 14.4 Å². The standard InChI is InChI=1S/C25H28N4O3/c30-25(31)22(17-5-2-1-3-6-17)29-14-12-19(15-29)24-28-21(16-32-24)11-10-20-9-8-18-7-4-13-26-23(18)27-20/h1-3,5-6,8-9,16,19,22H,4,7,10-15H2,(H,26,27)(H,30,31)/t19-,22?/m1/s1. The number of nitrogens with zero attached hydrogens (tertiary/aromatic N) is 3. The highest BCUT2D eigenvalue weighted by Crippen LogP contribution is 2.33. The van der Waals surface area contributed by atoms with Crippen LogP contribution in [0.15, 0.2) is 53.1 Å². The number of likely N-dealkylation sites (tertiary alicyclic amines) is 1. The molecule has 2 aliphatic heterocycles. The van der Waals surface area contributed by atoms with Crippen LogP contribution in [0.3, 0.4) is 0 Å². The largest absolute Gasteiger partial charge is 0.480 e. The highest BCUT2D eigenvalue weighted by atomic mass is 16.4. The molecule has 1 unspecified atom stereocenters. The molecule has 2 aliphatic rings. The summed E-state index contributed by atoms with van der Waals surface area (Å²) in [4.78, 5) is 23.4. The lowest BCUT2D eigenvalue weighted by atomic mass is 10.1. The van der Waals surface area contributed by atoms with E-state index in [9.17, 15) is 9.90 Å². The summed E-state index contributed by atoms with van der Waals surface area (Å²) >= 11 is 0. The minimum atomic E-state index is -0.822. The molecule has 0 amide bonds. The van der Waals surface area contributed by atoms with Gasteiger partial charge in [0, 0.05) is 31.2 Å². The van der Waals surface area contributed by atoms with E-state index in [2.05, 4.69) is 17.4 Å². The van der Waals surface area contributed by atoms with E-state index in [0.717, 1.165) is 61.4 Å². The summed E-state index contributed by atoms with van der Waals surface area (Å²) in [5.74, 6) is 1.02. The molecule has 0 radical (unpaired) electrons. The van der Waals surface area contributed by atoms with E-state index in [0.29, 0.717) is 19.0 Å². The molecular weight excluding hydrogens is 404 g/mol. The van der Waals surface area contributed by atoms with Crippen molar-refractivity contribution in [3.8, 4) is 0 Å². The monoisotopic (exact) mass is 432 g/mol. The number of pyridine rings is 1. The van der Waals surface area contributed by atoms with E-state index in [1.54, 1.807) is 6.26 Å². The minimum Gasteiger partial charge on any atom is -0.480 e. The lowest BCUT2D eigenvalue weighted by molar-refractivity contribution is -0.143. The first-order chi connectivity index (χ1) is 15.7. The second kappa shape index (κ2) is 9.12. The van der Waals surface area contributed by atoms with Crippen LogP contribution in [0.1, 0.15) is 53.2 Å². The average Bonchev–Trinajstić information content (AvgIpc) is 3.48. The van der Waals surface area contributed by atoms with Gasteiger partial charge in [0.1, 0.15) is 18.1 Å². The first kappa shape index (κ1) is 20.7. The summed E-state index contributed by atoms with van der Waals surface area (Å²) in [6, 6.07) is 13.1. The van der Waals surface area contributed by atoms with Crippen molar-refractivity contribution in [1.82, 2.24) is 14.9 Å². The third-order valence-electron chi connectivity index (χ3n) is 6.44. The second-order valence-electron chi connectivity index (χ2n) is 8.65. The van der Waals surface area contributed by atoms with E-state index in [-0.39, 0.29) is 5.92 Å². The van der Waals surface area contributed by atoms with Crippen molar-refractivity contribution in [2.75, 3.05) is 25.0 Å². The van der Waals surface area contributed by atoms with Gasteiger partial charge >= 0.3 is 5.97 Å². The number of nitrogens with one attached hydrogen (secondary N) is 1. The third-order valence-corrected chi connectivity index (χ3v) is 6.44. The molecule has 1 saturated heterocycles. The number of hydrogen-bond acceptors (Lipinski definition) is 6. The van der Waals surface area contributed by atoms with Crippen molar-refractivity contribution in [3.05, 3.63) is 77.1 Å². The lowest BCUT2D eigenvalue weighted by Gasteiger charge is -2.24. The van der Waals surface area contributed by atoms with E-state index in [1.807, 2.05) is 35.2 Å². The molecular formula is C25H28N4O3. The van der Waals surface area contributed by atoms with Crippen LogP contribution in [0.5, 0.6) is 0 Å². The topological polar surface area (TPSA) is 91.5 Å². The zero-order chi connectivity index (χ0) is 21.9. The summed E-state index contributed by atoms with van der Waals surface area (Å²) in [6.07, 6.45) is 6.41. The first-order valence-electron chi connectivity index (χ1n) is 11.4. The Kier molecular flexibility index (Phi) is 5.90. The Labute approximate surface area is 187 Å². The van der Waals surface area contributed by atoms with Crippen molar-refractivity contribution in [3.63, 3.8) is 0 Å². The highest BCUT2D eigenvalue weighted by Gasteiger charge is 2.35. The summed E-state index contributed by atoms with van der Waals surface area (Å²) in [5, 5.41) is 13.2. The van der Waals surface area contributed by atoms with Crippen LogP contribution >= 0.6 is 0 Å². The molecule has 166 valence electrons. The smallest absolute Gasteiger partial charge is 0.325 e. The maximum atomic E-state index is 12.0. The van der Waals surface area contributed by atoms with Crippen LogP contribution in [0.2, 0.25) is 0 Å². The van der Waals surface area contributed by atoms with Crippen LogP contribution in [0, 0.1) is 0 Å². The Morgan fingerprint density at radius 1 is 1.16 bits per heavy atom. The fourth-order valence-corrected chi connectivity index (χ4v) is 4.76. The van der Waals surface area contributed by atoms with Gasteiger partial charge in [-0.3, -0.25) is 9.69 Å². The molecule has 0 spiro atoms. The van der Waals surface area contributed by atoms with Crippen molar-refractivity contribution in [2.24, 2.45) is 0 Å². The lowest BCUT2D eigenvalue weighted by Crippen LogP contribution is -2.32. The number of anilines is 1. The number of benzene rings is 1. The Bertz CT molecular complexity index is 1080. The van der Waals surface area contributed by atoms with Gasteiger partial charge in [-0.25, -0.2) is 9.97 Å². The number of hydrogen-bond donors (Lipinski definition) is 2. The zero-order valence-corrected chi connectivity index (χ0v) is 18.0. The quantitative estimate of drug-likeness (QED) is 0.586. The predicted molar refractivity (Wildman–Crippen MR) is 121 cm³/mol. The van der Waals surface area contributed by atoms with Crippen LogP contribution in [0.4, 0.5) is 5.82 Å². The number of fused-ring (bicyclic) bond motifs is 1. The van der Waals surface area contributed by atoms with Crippen LogP contribution in [-0.2, 0) is 24.1 Å². The molecule has 3 aromatic rings. The average molecular weight is 433 g/mol. The van der Waals surface area contributed by atoms with E-state index in [1.165, 1.54) is 5.56 Å². The summed E-state index contributed by atoms with van der Waals surface area (Å²) in [7, 11) is 0. The van der Waals surface area contributed by atoms with Crippen molar-refractivity contribution in [2.45, 2.75) is 44.1 Å². The Morgan fingerprint density at radius 3 is 2.84 bits per heavy atom. The molecule has 0 bridgehead atoms. The molecule has 1 aromatic carbocycles. The maximum Gasteiger partial charge on any atom is 0.325 e. The van der Waals surface area contributed by atoms with Crippen LogP contribution in [0.25, 0.3) is 0 Å². The number of carboxylic acid groups (broad SMARTS) is 1. The van der Waals surface area contributed by atoms with Gasteiger partial charge in [0.2, 0.25) is 0 Å². The first-order valence-corrected chi connectivity index (χ1v) is 11.4. The van der Waals surface area contributed by atoms with Crippen LogP contribution in [-0.4, -0.2) is 45.6 Å². The molecule has 0 saturated carbocycles. The van der Waals surface area contributed by atoms with Gasteiger partial charge in [-0.1, -0.05) is 36.4 Å². The van der Waals surface area contributed by atoms with Gasteiger partial charge in [0.05, 0.1) is 5.69 Å². The summed E-state index contributed by atoms with van der Waals surface area (Å²) in [5.41, 5.74) is 4.08. The number of rotatable bonds is 7. The van der Waals surface area contributed by atoms with E-state index >= 15 is 0 Å². The fraction of sp³-hybridized carbons (Fsp3) is 0.400. The predicted octanol–water partition coefficient (Wildman–Crippen LogP) is 3.83. The molecule has 1 fully saturated rings. The number of carbonyl (C=O) groups is 1. The number of aromatic nitrogens is 2. The minimum absolute atomic E-state index is 0.111. The maximum absolute atomic E-state index is 12.0. The van der Waals surface area contributed by atoms with Gasteiger partial charge in [-0.2, -0.15) is 0 Å². The molecule has 2 aromatic heterocycles. The SMILES string of the molecule is O=C(O)C(c1ccccc1)N1CC[C@@H](c2nc(CCc3ccc4c(n3)NCCC4)co2)C1. The number of aliphatic carboxylic acids is 1. The Hall–Kier alpha value is -3.19. The van der Waals surface area contributed by atoms with E-state index < -0.39 is 12.0 Å². The molecule has 2 atom stereocenters. The van der Waals surface area contributed by atoms with Gasteiger partial charge in [-0.15, -0.1) is 0 Å². The fourth-order valence-electron chi connectivity index (χ4n) is 4.76. The molecule has 32 heavy (non-hydrogen) atoms. The highest BCUT2D eigenvalue weighted by molar-refractivity contribution is 5.75. The second-order valence-corrected chi connectivity index (χ2v) is 8.65. The molecule has 7 nitrogen and oxygen atoms in total. The molecule has 7 heteroatoms. The van der Waals surface area contributed by atoms with Crippen molar-refractivity contribution < 1.29 is 14.3 Å². The zero-order valence-electron chi connectivity index (χ0n) is 18.0. The normalized spacial score (nSPS) is 19.3. The summed E-state index contributed by atoms with van der Waals surface area (Å²) < 4.78 is 5.80. The van der Waals surface area contributed by atoms with Gasteiger partial charge < -0.3 is 14.8 Å². The van der Waals surface area contributed by atoms with Gasteiger partial charge in [-0.05, 0) is 49.3 Å². The Morgan fingerprint density at radius 2 is 2.00 bits per heavy atom. The third kappa shape index (κ3) is 4.39. The number of carboxylic acids is 1. The Balaban J connectivity index is 1.21. The van der Waals surface area contributed by atoms with Gasteiger partial charge in [0.25, 0.3) is 0 Å². The van der Waals surface area contributed by atoms with Gasteiger partial charge in [0.15, 0.2) is 5.89 Å². The van der Waals surface area contributed by atoms with Crippen LogP contribution < -0.4 is 5.32 Å². The number of oxazole rings is 1. The van der Waals surface area contributed by atoms with Crippen molar-refractivity contribution >= 4 is 11.8 Å². The summed E-state index contributed by atoms with van der Waals surface area (Å²) in [6.45, 7) is 2.33.